The summed E-state index contributed by atoms with van der Waals surface area (Å²) in [6.07, 6.45) is 6.80. The van der Waals surface area contributed by atoms with Crippen LogP contribution in [0.3, 0.4) is 0 Å². The van der Waals surface area contributed by atoms with Gasteiger partial charge in [-0.25, -0.2) is 9.97 Å². The molecule has 4 rings (SSSR count). The molecule has 0 bridgehead atoms. The van der Waals surface area contributed by atoms with Crippen LogP contribution in [-0.4, -0.2) is 57.0 Å². The summed E-state index contributed by atoms with van der Waals surface area (Å²) in [4.78, 5) is 36.3. The molecule has 1 aliphatic heterocycles. The molecule has 2 aromatic rings. The van der Waals surface area contributed by atoms with Crippen molar-refractivity contribution in [2.75, 3.05) is 23.7 Å². The van der Waals surface area contributed by atoms with E-state index in [0.717, 1.165) is 57.2 Å². The lowest BCUT2D eigenvalue weighted by molar-refractivity contribution is 0.0723. The SMILES string of the molecule is CCc1nc(C(N)=O)c(Nc2ccc(C(=O)N3CCCCC3)c(C)c2)nc1N[C@H]1CC[C@H](O)CC1. The number of rotatable bonds is 7. The second kappa shape index (κ2) is 11.0. The Morgan fingerprint density at radius 3 is 2.43 bits per heavy atom. The highest BCUT2D eigenvalue weighted by molar-refractivity contribution is 5.98. The number of piperidine rings is 1. The van der Waals surface area contributed by atoms with Gasteiger partial charge in [0.05, 0.1) is 11.8 Å². The first-order chi connectivity index (χ1) is 16.9. The van der Waals surface area contributed by atoms with E-state index in [1.54, 1.807) is 0 Å². The Hall–Kier alpha value is -3.20. The van der Waals surface area contributed by atoms with E-state index >= 15 is 0 Å². The predicted octanol–water partition coefficient (Wildman–Crippen LogP) is 3.53. The second-order valence-electron chi connectivity index (χ2n) is 9.59. The Morgan fingerprint density at radius 2 is 1.80 bits per heavy atom. The normalized spacial score (nSPS) is 20.4. The van der Waals surface area contributed by atoms with Gasteiger partial charge in [0.25, 0.3) is 11.8 Å². The number of nitrogens with zero attached hydrogens (tertiary/aromatic N) is 3. The van der Waals surface area contributed by atoms with E-state index in [1.165, 1.54) is 6.42 Å². The summed E-state index contributed by atoms with van der Waals surface area (Å²) >= 11 is 0. The van der Waals surface area contributed by atoms with Gasteiger partial charge in [-0.2, -0.15) is 0 Å². The summed E-state index contributed by atoms with van der Waals surface area (Å²) < 4.78 is 0. The summed E-state index contributed by atoms with van der Waals surface area (Å²) in [6.45, 7) is 5.47. The van der Waals surface area contributed by atoms with Gasteiger partial charge in [0.2, 0.25) is 0 Å². The van der Waals surface area contributed by atoms with E-state index in [9.17, 15) is 14.7 Å². The van der Waals surface area contributed by atoms with Gasteiger partial charge in [0, 0.05) is 30.4 Å². The molecular weight excluding hydrogens is 444 g/mol. The number of aliphatic hydroxyl groups is 1. The van der Waals surface area contributed by atoms with Gasteiger partial charge >= 0.3 is 0 Å². The number of hydrogen-bond acceptors (Lipinski definition) is 7. The molecule has 0 spiro atoms. The average Bonchev–Trinajstić information content (AvgIpc) is 2.85. The fourth-order valence-electron chi connectivity index (χ4n) is 4.89. The summed E-state index contributed by atoms with van der Waals surface area (Å²) in [6, 6.07) is 5.71. The highest BCUT2D eigenvalue weighted by Crippen LogP contribution is 2.27. The quantitative estimate of drug-likeness (QED) is 0.476. The van der Waals surface area contributed by atoms with Crippen molar-refractivity contribution < 1.29 is 14.7 Å². The monoisotopic (exact) mass is 480 g/mol. The lowest BCUT2D eigenvalue weighted by Crippen LogP contribution is -2.35. The molecule has 9 nitrogen and oxygen atoms in total. The fourth-order valence-corrected chi connectivity index (χ4v) is 4.89. The van der Waals surface area contributed by atoms with E-state index in [4.69, 9.17) is 10.7 Å². The number of aliphatic hydroxyl groups excluding tert-OH is 1. The van der Waals surface area contributed by atoms with Crippen LogP contribution in [0.2, 0.25) is 0 Å². The summed E-state index contributed by atoms with van der Waals surface area (Å²) in [5.41, 5.74) is 8.63. The third kappa shape index (κ3) is 5.90. The number of carbonyl (C=O) groups excluding carboxylic acids is 2. The van der Waals surface area contributed by atoms with E-state index in [-0.39, 0.29) is 29.6 Å². The molecule has 1 aromatic carbocycles. The minimum Gasteiger partial charge on any atom is -0.393 e. The number of benzene rings is 1. The molecule has 0 radical (unpaired) electrons. The van der Waals surface area contributed by atoms with Crippen molar-refractivity contribution in [3.63, 3.8) is 0 Å². The average molecular weight is 481 g/mol. The van der Waals surface area contributed by atoms with Crippen molar-refractivity contribution in [2.45, 2.75) is 77.4 Å². The number of nitrogens with two attached hydrogens (primary N) is 1. The highest BCUT2D eigenvalue weighted by Gasteiger charge is 2.24. The Bertz CT molecular complexity index is 1070. The maximum Gasteiger partial charge on any atom is 0.271 e. The highest BCUT2D eigenvalue weighted by atomic mass is 16.3. The molecule has 1 aliphatic carbocycles. The molecule has 2 heterocycles. The molecule has 1 saturated carbocycles. The number of hydrogen-bond donors (Lipinski definition) is 4. The number of aryl methyl sites for hydroxylation is 2. The van der Waals surface area contributed by atoms with Crippen LogP contribution in [0.15, 0.2) is 18.2 Å². The minimum absolute atomic E-state index is 0.0581. The zero-order valence-corrected chi connectivity index (χ0v) is 20.6. The van der Waals surface area contributed by atoms with Gasteiger partial charge in [0.1, 0.15) is 5.82 Å². The van der Waals surface area contributed by atoms with Gasteiger partial charge < -0.3 is 26.4 Å². The summed E-state index contributed by atoms with van der Waals surface area (Å²) in [5.74, 6) is 0.302. The Balaban J connectivity index is 1.57. The maximum atomic E-state index is 13.0. The largest absolute Gasteiger partial charge is 0.393 e. The summed E-state index contributed by atoms with van der Waals surface area (Å²) in [5, 5.41) is 16.5. The molecule has 188 valence electrons. The van der Waals surface area contributed by atoms with E-state index in [1.807, 2.05) is 36.9 Å². The number of amides is 2. The molecule has 2 aliphatic rings. The third-order valence-electron chi connectivity index (χ3n) is 6.94. The molecule has 1 aromatic heterocycles. The molecule has 9 heteroatoms. The van der Waals surface area contributed by atoms with E-state index in [2.05, 4.69) is 15.6 Å². The molecule has 5 N–H and O–H groups in total. The Kier molecular flexibility index (Phi) is 7.85. The van der Waals surface area contributed by atoms with Gasteiger partial charge in [0.15, 0.2) is 11.5 Å². The van der Waals surface area contributed by atoms with Crippen LogP contribution >= 0.6 is 0 Å². The minimum atomic E-state index is -0.657. The topological polar surface area (TPSA) is 133 Å². The zero-order valence-electron chi connectivity index (χ0n) is 20.6. The number of likely N-dealkylation sites (tertiary alicyclic amines) is 1. The van der Waals surface area contributed by atoms with E-state index in [0.29, 0.717) is 29.2 Å². The molecular formula is C26H36N6O3. The van der Waals surface area contributed by atoms with Crippen LogP contribution in [0, 0.1) is 6.92 Å². The van der Waals surface area contributed by atoms with Crippen molar-refractivity contribution in [3.8, 4) is 0 Å². The Morgan fingerprint density at radius 1 is 1.09 bits per heavy atom. The van der Waals surface area contributed by atoms with Gasteiger partial charge in [-0.05, 0) is 82.1 Å². The predicted molar refractivity (Wildman–Crippen MR) is 136 cm³/mol. The van der Waals surface area contributed by atoms with Crippen LogP contribution in [0.25, 0.3) is 0 Å². The number of nitrogens with one attached hydrogen (secondary N) is 2. The second-order valence-corrected chi connectivity index (χ2v) is 9.59. The molecule has 0 atom stereocenters. The van der Waals surface area contributed by atoms with Gasteiger partial charge in [-0.1, -0.05) is 6.92 Å². The van der Waals surface area contributed by atoms with Crippen molar-refractivity contribution in [1.29, 1.82) is 0 Å². The first-order valence-electron chi connectivity index (χ1n) is 12.7. The number of primary amides is 1. The molecule has 0 unspecified atom stereocenters. The zero-order chi connectivity index (χ0) is 24.9. The Labute approximate surface area is 206 Å². The standard InChI is InChI=1S/C26H36N6O3/c1-3-21-24(28-17-7-10-19(33)11-8-17)31-25(22(30-21)23(27)34)29-18-9-12-20(16(2)15-18)26(35)32-13-5-4-6-14-32/h9,12,15,17,19,33H,3-8,10-11,13-14H2,1-2H3,(H2,27,34)(H2,28,29,31)/t17-,19-. The first-order valence-corrected chi connectivity index (χ1v) is 12.7. The molecule has 2 amide bonds. The fraction of sp³-hybridized carbons (Fsp3) is 0.538. The molecule has 2 fully saturated rings. The van der Waals surface area contributed by atoms with Crippen molar-refractivity contribution >= 4 is 29.1 Å². The number of anilines is 3. The lowest BCUT2D eigenvalue weighted by Gasteiger charge is -2.27. The van der Waals surface area contributed by atoms with E-state index < -0.39 is 5.91 Å². The molecule has 35 heavy (non-hydrogen) atoms. The van der Waals surface area contributed by atoms with Crippen molar-refractivity contribution in [1.82, 2.24) is 14.9 Å². The molecule has 1 saturated heterocycles. The maximum absolute atomic E-state index is 13.0. The summed E-state index contributed by atoms with van der Waals surface area (Å²) in [7, 11) is 0. The number of aromatic nitrogens is 2. The van der Waals surface area contributed by atoms with Gasteiger partial charge in [-0.15, -0.1) is 0 Å². The smallest absolute Gasteiger partial charge is 0.271 e. The van der Waals surface area contributed by atoms with Crippen LogP contribution in [0.1, 0.15) is 84.0 Å². The first kappa shape index (κ1) is 24.9. The van der Waals surface area contributed by atoms with Gasteiger partial charge in [-0.3, -0.25) is 9.59 Å². The van der Waals surface area contributed by atoms with Crippen molar-refractivity contribution in [2.24, 2.45) is 5.73 Å². The van der Waals surface area contributed by atoms with Crippen LogP contribution in [0.5, 0.6) is 0 Å². The van der Waals surface area contributed by atoms with Crippen molar-refractivity contribution in [3.05, 3.63) is 40.7 Å². The van der Waals surface area contributed by atoms with Crippen LogP contribution in [-0.2, 0) is 6.42 Å². The van der Waals surface area contributed by atoms with Crippen LogP contribution in [0.4, 0.5) is 17.3 Å². The third-order valence-corrected chi connectivity index (χ3v) is 6.94. The van der Waals surface area contributed by atoms with Crippen LogP contribution < -0.4 is 16.4 Å². The number of carbonyl (C=O) groups is 2. The lowest BCUT2D eigenvalue weighted by atomic mass is 9.93.